The largest absolute Gasteiger partial charge is 0.494 e. The zero-order valence-corrected chi connectivity index (χ0v) is 21.3. The topological polar surface area (TPSA) is 51.2 Å². The smallest absolute Gasteiger partial charge is 0.231 e. The number of fused-ring (bicyclic) bond motifs is 2. The summed E-state index contributed by atoms with van der Waals surface area (Å²) in [5.41, 5.74) is 3.69. The molecule has 0 fully saturated rings. The minimum Gasteiger partial charge on any atom is -0.494 e. The van der Waals surface area contributed by atoms with Gasteiger partial charge in [0, 0.05) is 25.2 Å². The first-order valence-corrected chi connectivity index (χ1v) is 13.2. The lowest BCUT2D eigenvalue weighted by Gasteiger charge is -2.22. The number of aryl methyl sites for hydroxylation is 1. The van der Waals surface area contributed by atoms with Gasteiger partial charge < -0.3 is 19.3 Å². The van der Waals surface area contributed by atoms with Crippen LogP contribution in [0.4, 0.5) is 0 Å². The van der Waals surface area contributed by atoms with E-state index in [2.05, 4.69) is 77.7 Å². The molecule has 0 amide bonds. The van der Waals surface area contributed by atoms with Gasteiger partial charge in [0.05, 0.1) is 13.2 Å². The van der Waals surface area contributed by atoms with Crippen LogP contribution in [0.25, 0.3) is 10.8 Å². The molecule has 5 nitrogen and oxygen atoms in total. The standard InChI is InChI=1S/C32H35NO4/c34-18-17-33(23-29-11-7-12-31-32(29)37-24-36-31)22-26-13-14-28-21-30(16-15-27(28)20-26)35-19-6-2-5-10-25-8-3-1-4-9-25/h1,3-4,7-9,11-16,20-21,34H,2,5-6,10,17-19,22-24H2. The van der Waals surface area contributed by atoms with Gasteiger partial charge >= 0.3 is 0 Å². The molecule has 1 aliphatic rings. The highest BCUT2D eigenvalue weighted by Crippen LogP contribution is 2.36. The summed E-state index contributed by atoms with van der Waals surface area (Å²) in [6.45, 7) is 3.11. The molecule has 0 saturated heterocycles. The maximum Gasteiger partial charge on any atom is 0.231 e. The third kappa shape index (κ3) is 6.82. The second-order valence-electron chi connectivity index (χ2n) is 9.57. The highest BCUT2D eigenvalue weighted by atomic mass is 16.7. The molecular formula is C32H35NO4. The highest BCUT2D eigenvalue weighted by molar-refractivity contribution is 5.84. The van der Waals surface area contributed by atoms with Crippen LogP contribution >= 0.6 is 0 Å². The van der Waals surface area contributed by atoms with Crippen molar-refractivity contribution >= 4 is 10.8 Å². The zero-order chi connectivity index (χ0) is 25.3. The molecule has 0 saturated carbocycles. The van der Waals surface area contributed by atoms with Crippen LogP contribution in [0.15, 0.2) is 84.9 Å². The molecule has 0 aromatic heterocycles. The number of aliphatic hydroxyl groups excluding tert-OH is 1. The Morgan fingerprint density at radius 1 is 0.757 bits per heavy atom. The number of unbranched alkanes of at least 4 members (excludes halogenated alkanes) is 2. The van der Waals surface area contributed by atoms with Gasteiger partial charge in [0.1, 0.15) is 5.75 Å². The average molecular weight is 498 g/mol. The molecule has 1 heterocycles. The third-order valence-corrected chi connectivity index (χ3v) is 6.79. The minimum atomic E-state index is 0.104. The summed E-state index contributed by atoms with van der Waals surface area (Å²) in [6.07, 6.45) is 4.55. The highest BCUT2D eigenvalue weighted by Gasteiger charge is 2.19. The number of ether oxygens (including phenoxy) is 3. The third-order valence-electron chi connectivity index (χ3n) is 6.79. The fraction of sp³-hybridized carbons (Fsp3) is 0.312. The molecular weight excluding hydrogens is 462 g/mol. The van der Waals surface area contributed by atoms with Crippen LogP contribution in [0.5, 0.6) is 17.2 Å². The van der Waals surface area contributed by atoms with Gasteiger partial charge in [-0.05, 0) is 71.8 Å². The molecule has 192 valence electrons. The predicted octanol–water partition coefficient (Wildman–Crippen LogP) is 6.35. The fourth-order valence-electron chi connectivity index (χ4n) is 4.87. The summed E-state index contributed by atoms with van der Waals surface area (Å²) < 4.78 is 17.2. The minimum absolute atomic E-state index is 0.104. The van der Waals surface area contributed by atoms with E-state index in [1.807, 2.05) is 12.1 Å². The SMILES string of the molecule is OCCN(Cc1ccc2cc(OCCCCCc3ccccc3)ccc2c1)Cc1cccc2c1OCO2. The van der Waals surface area contributed by atoms with Gasteiger partial charge in [-0.15, -0.1) is 0 Å². The molecule has 0 aliphatic carbocycles. The second kappa shape index (κ2) is 12.6. The molecule has 1 N–H and O–H groups in total. The number of benzene rings is 4. The molecule has 4 aromatic carbocycles. The lowest BCUT2D eigenvalue weighted by Crippen LogP contribution is -2.26. The Morgan fingerprint density at radius 3 is 2.51 bits per heavy atom. The predicted molar refractivity (Wildman–Crippen MR) is 147 cm³/mol. The van der Waals surface area contributed by atoms with Crippen molar-refractivity contribution in [2.45, 2.75) is 38.8 Å². The molecule has 5 heteroatoms. The number of rotatable bonds is 13. The van der Waals surface area contributed by atoms with Gasteiger partial charge in [0.2, 0.25) is 6.79 Å². The van der Waals surface area contributed by atoms with E-state index >= 15 is 0 Å². The lowest BCUT2D eigenvalue weighted by atomic mass is 10.1. The van der Waals surface area contributed by atoms with Crippen molar-refractivity contribution in [1.82, 2.24) is 4.90 Å². The number of hydrogen-bond donors (Lipinski definition) is 1. The van der Waals surface area contributed by atoms with Crippen molar-refractivity contribution in [3.05, 3.63) is 102 Å². The Labute approximate surface area is 219 Å². The molecule has 0 atom stereocenters. The van der Waals surface area contributed by atoms with Crippen molar-refractivity contribution in [3.8, 4) is 17.2 Å². The number of para-hydroxylation sites is 1. The maximum absolute atomic E-state index is 9.65. The summed E-state index contributed by atoms with van der Waals surface area (Å²) >= 11 is 0. The Hall–Kier alpha value is -3.54. The van der Waals surface area contributed by atoms with Gasteiger partial charge in [-0.25, -0.2) is 0 Å². The summed E-state index contributed by atoms with van der Waals surface area (Å²) in [7, 11) is 0. The Morgan fingerprint density at radius 2 is 1.62 bits per heavy atom. The number of aliphatic hydroxyl groups is 1. The van der Waals surface area contributed by atoms with Gasteiger partial charge in [-0.3, -0.25) is 4.90 Å². The molecule has 0 bridgehead atoms. The van der Waals surface area contributed by atoms with E-state index in [1.54, 1.807) is 0 Å². The second-order valence-corrected chi connectivity index (χ2v) is 9.57. The first-order valence-electron chi connectivity index (χ1n) is 13.2. The molecule has 4 aromatic rings. The average Bonchev–Trinajstić information content (AvgIpc) is 3.41. The Balaban J connectivity index is 1.14. The molecule has 0 spiro atoms. The molecule has 1 aliphatic heterocycles. The summed E-state index contributed by atoms with van der Waals surface area (Å²) in [5, 5.41) is 12.0. The van der Waals surface area contributed by atoms with E-state index in [-0.39, 0.29) is 13.4 Å². The maximum atomic E-state index is 9.65. The monoisotopic (exact) mass is 497 g/mol. The van der Waals surface area contributed by atoms with Crippen molar-refractivity contribution < 1.29 is 19.3 Å². The van der Waals surface area contributed by atoms with Crippen LogP contribution in [0.2, 0.25) is 0 Å². The normalized spacial score (nSPS) is 12.4. The van der Waals surface area contributed by atoms with E-state index in [0.29, 0.717) is 13.1 Å². The van der Waals surface area contributed by atoms with Crippen molar-refractivity contribution in [2.24, 2.45) is 0 Å². The van der Waals surface area contributed by atoms with E-state index < -0.39 is 0 Å². The summed E-state index contributed by atoms with van der Waals surface area (Å²) in [6, 6.07) is 29.5. The van der Waals surface area contributed by atoms with Crippen LogP contribution in [0.3, 0.4) is 0 Å². The van der Waals surface area contributed by atoms with Gasteiger partial charge in [0.15, 0.2) is 11.5 Å². The van der Waals surface area contributed by atoms with Crippen LogP contribution in [-0.4, -0.2) is 36.6 Å². The number of nitrogens with zero attached hydrogens (tertiary/aromatic N) is 1. The summed E-state index contributed by atoms with van der Waals surface area (Å²) in [4.78, 5) is 2.23. The zero-order valence-electron chi connectivity index (χ0n) is 21.3. The van der Waals surface area contributed by atoms with Crippen LogP contribution in [0.1, 0.15) is 36.0 Å². The molecule has 37 heavy (non-hydrogen) atoms. The van der Waals surface area contributed by atoms with Crippen LogP contribution in [-0.2, 0) is 19.5 Å². The van der Waals surface area contributed by atoms with Crippen molar-refractivity contribution in [2.75, 3.05) is 26.6 Å². The molecule has 0 unspecified atom stereocenters. The quantitative estimate of drug-likeness (QED) is 0.218. The first kappa shape index (κ1) is 25.1. The fourth-order valence-corrected chi connectivity index (χ4v) is 4.87. The van der Waals surface area contributed by atoms with Gasteiger partial charge in [-0.1, -0.05) is 60.7 Å². The van der Waals surface area contributed by atoms with Crippen molar-refractivity contribution in [3.63, 3.8) is 0 Å². The number of hydrogen-bond acceptors (Lipinski definition) is 5. The van der Waals surface area contributed by atoms with Crippen LogP contribution < -0.4 is 14.2 Å². The van der Waals surface area contributed by atoms with E-state index in [0.717, 1.165) is 48.8 Å². The van der Waals surface area contributed by atoms with E-state index in [9.17, 15) is 5.11 Å². The van der Waals surface area contributed by atoms with Gasteiger partial charge in [0.25, 0.3) is 0 Å². The Kier molecular flexibility index (Phi) is 8.57. The van der Waals surface area contributed by atoms with E-state index in [4.69, 9.17) is 14.2 Å². The summed E-state index contributed by atoms with van der Waals surface area (Å²) in [5.74, 6) is 2.52. The Bertz CT molecular complexity index is 1290. The molecule has 0 radical (unpaired) electrons. The van der Waals surface area contributed by atoms with Gasteiger partial charge in [-0.2, -0.15) is 0 Å². The van der Waals surface area contributed by atoms with Crippen LogP contribution in [0, 0.1) is 0 Å². The van der Waals surface area contributed by atoms with E-state index in [1.165, 1.54) is 34.7 Å². The molecule has 5 rings (SSSR count). The first-order chi connectivity index (χ1) is 18.3. The lowest BCUT2D eigenvalue weighted by molar-refractivity contribution is 0.167. The van der Waals surface area contributed by atoms with Crippen molar-refractivity contribution in [1.29, 1.82) is 0 Å².